The normalized spacial score (nSPS) is 19.0. The molecular weight excluding hydrogens is 323 g/mol. The highest BCUT2D eigenvalue weighted by Gasteiger charge is 2.31. The SMILES string of the molecule is CCCC1CCCN(C(=O)Nc2cc(C(F)(F)F)c[nH]c2=O)CC1. The Bertz CT molecular complexity index is 628. The van der Waals surface area contributed by atoms with Gasteiger partial charge in [0, 0.05) is 19.3 Å². The zero-order valence-electron chi connectivity index (χ0n) is 13.6. The molecule has 1 fully saturated rings. The molecule has 1 aromatic rings. The predicted octanol–water partition coefficient (Wildman–Crippen LogP) is 3.83. The molecule has 1 aliphatic heterocycles. The molecule has 24 heavy (non-hydrogen) atoms. The van der Waals surface area contributed by atoms with E-state index in [2.05, 4.69) is 12.2 Å². The number of H-pyrrole nitrogens is 1. The quantitative estimate of drug-likeness (QED) is 0.874. The van der Waals surface area contributed by atoms with Crippen LogP contribution >= 0.6 is 0 Å². The van der Waals surface area contributed by atoms with Crippen molar-refractivity contribution in [3.05, 3.63) is 28.2 Å². The predicted molar refractivity (Wildman–Crippen MR) is 84.9 cm³/mol. The monoisotopic (exact) mass is 345 g/mol. The Morgan fingerprint density at radius 1 is 1.38 bits per heavy atom. The van der Waals surface area contributed by atoms with Crippen LogP contribution in [0.15, 0.2) is 17.1 Å². The van der Waals surface area contributed by atoms with Crippen LogP contribution in [-0.4, -0.2) is 29.0 Å². The highest BCUT2D eigenvalue weighted by molar-refractivity contribution is 5.89. The molecule has 1 aromatic heterocycles. The van der Waals surface area contributed by atoms with Gasteiger partial charge in [-0.3, -0.25) is 4.79 Å². The second kappa shape index (κ2) is 7.72. The molecule has 2 N–H and O–H groups in total. The third kappa shape index (κ3) is 4.75. The molecule has 5 nitrogen and oxygen atoms in total. The zero-order valence-corrected chi connectivity index (χ0v) is 13.6. The van der Waals surface area contributed by atoms with E-state index in [1.807, 2.05) is 4.98 Å². The lowest BCUT2D eigenvalue weighted by atomic mass is 9.96. The summed E-state index contributed by atoms with van der Waals surface area (Å²) in [6, 6.07) is 0.131. The van der Waals surface area contributed by atoms with Crippen LogP contribution in [0.2, 0.25) is 0 Å². The fraction of sp³-hybridized carbons (Fsp3) is 0.625. The topological polar surface area (TPSA) is 65.2 Å². The Labute approximate surface area is 138 Å². The molecular formula is C16H22F3N3O2. The van der Waals surface area contributed by atoms with Gasteiger partial charge >= 0.3 is 12.2 Å². The standard InChI is InChI=1S/C16H22F3N3O2/c1-2-4-11-5-3-7-22(8-6-11)15(24)21-13-9-12(16(17,18)19)10-20-14(13)23/h9-11H,2-8H2,1H3,(H,20,23)(H,21,24). The number of anilines is 1. The van der Waals surface area contributed by atoms with Gasteiger partial charge in [-0.1, -0.05) is 19.8 Å². The van der Waals surface area contributed by atoms with E-state index in [9.17, 15) is 22.8 Å². The number of urea groups is 1. The molecule has 1 saturated heterocycles. The molecule has 0 saturated carbocycles. The summed E-state index contributed by atoms with van der Waals surface area (Å²) in [6.07, 6.45) is 0.997. The van der Waals surface area contributed by atoms with Gasteiger partial charge < -0.3 is 15.2 Å². The van der Waals surface area contributed by atoms with Gasteiger partial charge in [0.05, 0.1) is 5.56 Å². The van der Waals surface area contributed by atoms with Crippen LogP contribution in [0.1, 0.15) is 44.6 Å². The van der Waals surface area contributed by atoms with E-state index in [0.717, 1.165) is 32.1 Å². The number of nitrogens with one attached hydrogen (secondary N) is 2. The molecule has 8 heteroatoms. The Kier molecular flexibility index (Phi) is 5.90. The lowest BCUT2D eigenvalue weighted by molar-refractivity contribution is -0.137. The van der Waals surface area contributed by atoms with Gasteiger partial charge in [-0.25, -0.2) is 4.79 Å². The first-order valence-electron chi connectivity index (χ1n) is 8.17. The molecule has 2 rings (SSSR count). The molecule has 2 amide bonds. The van der Waals surface area contributed by atoms with Crippen LogP contribution < -0.4 is 10.9 Å². The molecule has 1 unspecified atom stereocenters. The third-order valence-corrected chi connectivity index (χ3v) is 4.30. The minimum atomic E-state index is -4.58. The number of nitrogens with zero attached hydrogens (tertiary/aromatic N) is 1. The van der Waals surface area contributed by atoms with Crippen LogP contribution in [0, 0.1) is 5.92 Å². The summed E-state index contributed by atoms with van der Waals surface area (Å²) in [5.74, 6) is 0.574. The number of likely N-dealkylation sites (tertiary alicyclic amines) is 1. The number of rotatable bonds is 3. The number of halogens is 3. The number of alkyl halides is 3. The maximum absolute atomic E-state index is 12.7. The highest BCUT2D eigenvalue weighted by Crippen LogP contribution is 2.29. The number of aromatic amines is 1. The molecule has 1 aliphatic rings. The summed E-state index contributed by atoms with van der Waals surface area (Å²) in [5.41, 5.74) is -2.14. The van der Waals surface area contributed by atoms with Crippen molar-refractivity contribution in [1.82, 2.24) is 9.88 Å². The molecule has 0 spiro atoms. The lowest BCUT2D eigenvalue weighted by Gasteiger charge is -2.21. The molecule has 134 valence electrons. The van der Waals surface area contributed by atoms with Crippen LogP contribution in [0.4, 0.5) is 23.7 Å². The minimum Gasteiger partial charge on any atom is -0.327 e. The number of hydrogen-bond donors (Lipinski definition) is 2. The molecule has 0 bridgehead atoms. The van der Waals surface area contributed by atoms with Gasteiger partial charge in [0.1, 0.15) is 5.69 Å². The highest BCUT2D eigenvalue weighted by atomic mass is 19.4. The number of amides is 2. The van der Waals surface area contributed by atoms with Crippen LogP contribution in [-0.2, 0) is 6.18 Å². The summed E-state index contributed by atoms with van der Waals surface area (Å²) in [7, 11) is 0. The van der Waals surface area contributed by atoms with Crippen molar-refractivity contribution in [2.24, 2.45) is 5.92 Å². The minimum absolute atomic E-state index is 0.385. The smallest absolute Gasteiger partial charge is 0.327 e. The van der Waals surface area contributed by atoms with E-state index in [1.54, 1.807) is 4.90 Å². The van der Waals surface area contributed by atoms with Crippen molar-refractivity contribution in [2.75, 3.05) is 18.4 Å². The van der Waals surface area contributed by atoms with Gasteiger partial charge in [-0.15, -0.1) is 0 Å². The first-order valence-corrected chi connectivity index (χ1v) is 8.17. The zero-order chi connectivity index (χ0) is 17.7. The van der Waals surface area contributed by atoms with Crippen LogP contribution in [0.5, 0.6) is 0 Å². The Balaban J connectivity index is 2.05. The van der Waals surface area contributed by atoms with Crippen molar-refractivity contribution < 1.29 is 18.0 Å². The summed E-state index contributed by atoms with van der Waals surface area (Å²) < 4.78 is 38.1. The largest absolute Gasteiger partial charge is 0.417 e. The Hall–Kier alpha value is -1.99. The number of hydrogen-bond acceptors (Lipinski definition) is 2. The van der Waals surface area contributed by atoms with E-state index in [-0.39, 0.29) is 5.69 Å². The van der Waals surface area contributed by atoms with Crippen LogP contribution in [0.25, 0.3) is 0 Å². The number of aromatic nitrogens is 1. The average Bonchev–Trinajstić information content (AvgIpc) is 2.74. The second-order valence-electron chi connectivity index (χ2n) is 6.13. The van der Waals surface area contributed by atoms with E-state index in [4.69, 9.17) is 0 Å². The van der Waals surface area contributed by atoms with Gasteiger partial charge in [-0.2, -0.15) is 13.2 Å². The van der Waals surface area contributed by atoms with E-state index >= 15 is 0 Å². The summed E-state index contributed by atoms with van der Waals surface area (Å²) in [5, 5.41) is 2.31. The molecule has 0 radical (unpaired) electrons. The lowest BCUT2D eigenvalue weighted by Crippen LogP contribution is -2.37. The molecule has 0 aliphatic carbocycles. The summed E-state index contributed by atoms with van der Waals surface area (Å²) in [6.45, 7) is 3.21. The maximum atomic E-state index is 12.7. The molecule has 2 heterocycles. The fourth-order valence-corrected chi connectivity index (χ4v) is 3.00. The Morgan fingerprint density at radius 2 is 2.12 bits per heavy atom. The van der Waals surface area contributed by atoms with Crippen molar-refractivity contribution in [3.63, 3.8) is 0 Å². The van der Waals surface area contributed by atoms with Gasteiger partial charge in [0.2, 0.25) is 0 Å². The number of carbonyl (C=O) groups excluding carboxylic acids is 1. The van der Waals surface area contributed by atoms with Crippen molar-refractivity contribution in [2.45, 2.75) is 45.2 Å². The van der Waals surface area contributed by atoms with E-state index < -0.39 is 23.3 Å². The number of carbonyl (C=O) groups is 1. The van der Waals surface area contributed by atoms with E-state index in [0.29, 0.717) is 31.3 Å². The van der Waals surface area contributed by atoms with Crippen LogP contribution in [0.3, 0.4) is 0 Å². The molecule has 1 atom stereocenters. The summed E-state index contributed by atoms with van der Waals surface area (Å²) >= 11 is 0. The van der Waals surface area contributed by atoms with Gasteiger partial charge in [-0.05, 0) is 31.2 Å². The van der Waals surface area contributed by atoms with Crippen molar-refractivity contribution >= 4 is 11.7 Å². The fourth-order valence-electron chi connectivity index (χ4n) is 3.00. The average molecular weight is 345 g/mol. The van der Waals surface area contributed by atoms with E-state index in [1.165, 1.54) is 0 Å². The second-order valence-corrected chi connectivity index (χ2v) is 6.13. The summed E-state index contributed by atoms with van der Waals surface area (Å²) in [4.78, 5) is 27.5. The first kappa shape index (κ1) is 18.4. The van der Waals surface area contributed by atoms with Crippen molar-refractivity contribution in [1.29, 1.82) is 0 Å². The first-order chi connectivity index (χ1) is 11.3. The van der Waals surface area contributed by atoms with Crippen molar-refractivity contribution in [3.8, 4) is 0 Å². The maximum Gasteiger partial charge on any atom is 0.417 e. The van der Waals surface area contributed by atoms with Gasteiger partial charge in [0.15, 0.2) is 0 Å². The Morgan fingerprint density at radius 3 is 2.79 bits per heavy atom. The molecule has 0 aromatic carbocycles. The number of pyridine rings is 1. The third-order valence-electron chi connectivity index (χ3n) is 4.30. The van der Waals surface area contributed by atoms with Gasteiger partial charge in [0.25, 0.3) is 5.56 Å².